The molecule has 0 spiro atoms. The van der Waals surface area contributed by atoms with E-state index in [0.29, 0.717) is 17.8 Å². The lowest BCUT2D eigenvalue weighted by Crippen LogP contribution is -2.39. The van der Waals surface area contributed by atoms with Crippen LogP contribution in [0, 0.1) is 12.3 Å². The molecular weight excluding hydrogens is 240 g/mol. The molecule has 0 aromatic heterocycles. The average molecular weight is 264 g/mol. The van der Waals surface area contributed by atoms with Crippen LogP contribution in [-0.4, -0.2) is 24.2 Å². The first-order chi connectivity index (χ1) is 8.98. The van der Waals surface area contributed by atoms with Crippen molar-refractivity contribution in [1.29, 1.82) is 0 Å². The van der Waals surface area contributed by atoms with Crippen molar-refractivity contribution in [3.8, 4) is 0 Å². The molecule has 4 heteroatoms. The Bertz CT molecular complexity index is 432. The number of amides is 1. The number of nitrogens with one attached hydrogen (secondary N) is 1. The Labute approximate surface area is 115 Å². The van der Waals surface area contributed by atoms with Crippen LogP contribution in [0.4, 0.5) is 5.69 Å². The lowest BCUT2D eigenvalue weighted by molar-refractivity contribution is 0.0850. The van der Waals surface area contributed by atoms with Crippen LogP contribution in [0.1, 0.15) is 42.6 Å². The number of hydrogen-bond acceptors (Lipinski definition) is 3. The zero-order valence-corrected chi connectivity index (χ0v) is 12.0. The molecule has 0 atom stereocenters. The number of carbonyl (C=O) groups is 1. The van der Waals surface area contributed by atoms with Crippen LogP contribution in [0.15, 0.2) is 18.2 Å². The maximum atomic E-state index is 12.1. The molecule has 1 amide bonds. The van der Waals surface area contributed by atoms with Crippen LogP contribution in [0.2, 0.25) is 0 Å². The van der Waals surface area contributed by atoms with Crippen LogP contribution < -0.4 is 11.1 Å². The molecule has 4 nitrogen and oxygen atoms in total. The molecule has 4 N–H and O–H groups in total. The van der Waals surface area contributed by atoms with Crippen molar-refractivity contribution in [2.75, 3.05) is 18.9 Å². The zero-order valence-electron chi connectivity index (χ0n) is 12.0. The predicted octanol–water partition coefficient (Wildman–Crippen LogP) is 2.11. The van der Waals surface area contributed by atoms with Crippen LogP contribution in [0.3, 0.4) is 0 Å². The maximum Gasteiger partial charge on any atom is 0.251 e. The summed E-state index contributed by atoms with van der Waals surface area (Å²) in [6.45, 7) is 6.49. The molecule has 0 aliphatic rings. The van der Waals surface area contributed by atoms with Gasteiger partial charge >= 0.3 is 0 Å². The number of carbonyl (C=O) groups excluding carboxylic acids is 1. The second-order valence-electron chi connectivity index (χ2n) is 5.12. The van der Waals surface area contributed by atoms with Crippen LogP contribution in [0.25, 0.3) is 0 Å². The van der Waals surface area contributed by atoms with E-state index < -0.39 is 0 Å². The van der Waals surface area contributed by atoms with Crippen molar-refractivity contribution in [1.82, 2.24) is 5.32 Å². The molecule has 0 bridgehead atoms. The quantitative estimate of drug-likeness (QED) is 0.689. The smallest absolute Gasteiger partial charge is 0.251 e. The molecule has 0 unspecified atom stereocenters. The summed E-state index contributed by atoms with van der Waals surface area (Å²) in [6.07, 6.45) is 1.67. The molecular formula is C15H24N2O2. The lowest BCUT2D eigenvalue weighted by Gasteiger charge is -2.29. The van der Waals surface area contributed by atoms with Crippen LogP contribution >= 0.6 is 0 Å². The van der Waals surface area contributed by atoms with Gasteiger partial charge in [-0.3, -0.25) is 4.79 Å². The van der Waals surface area contributed by atoms with E-state index in [4.69, 9.17) is 5.73 Å². The van der Waals surface area contributed by atoms with Crippen molar-refractivity contribution in [3.05, 3.63) is 29.3 Å². The number of nitrogen functional groups attached to an aromatic ring is 1. The molecule has 0 radical (unpaired) electrons. The maximum absolute atomic E-state index is 12.1. The summed E-state index contributed by atoms with van der Waals surface area (Å²) in [4.78, 5) is 12.1. The fourth-order valence-electron chi connectivity index (χ4n) is 2.08. The number of aliphatic hydroxyl groups excluding tert-OH is 1. The van der Waals surface area contributed by atoms with E-state index >= 15 is 0 Å². The monoisotopic (exact) mass is 264 g/mol. The van der Waals surface area contributed by atoms with Crippen molar-refractivity contribution in [3.63, 3.8) is 0 Å². The Hall–Kier alpha value is -1.55. The third-order valence-corrected chi connectivity index (χ3v) is 3.95. The minimum atomic E-state index is -0.225. The molecule has 0 heterocycles. The standard InChI is InChI=1S/C15H24N2O2/c1-4-15(5-2,10-18)9-17-14(19)13-7-6-12(16)8-11(13)3/h6-8,18H,4-5,9-10,16H2,1-3H3,(H,17,19). The van der Waals surface area contributed by atoms with Crippen LogP contribution in [0.5, 0.6) is 0 Å². The summed E-state index contributed by atoms with van der Waals surface area (Å²) >= 11 is 0. The third-order valence-electron chi connectivity index (χ3n) is 3.95. The molecule has 0 aliphatic heterocycles. The van der Waals surface area contributed by atoms with Crippen molar-refractivity contribution in [2.45, 2.75) is 33.6 Å². The minimum absolute atomic E-state index is 0.0843. The second-order valence-corrected chi connectivity index (χ2v) is 5.12. The topological polar surface area (TPSA) is 75.3 Å². The molecule has 106 valence electrons. The van der Waals surface area contributed by atoms with Gasteiger partial charge in [-0.1, -0.05) is 13.8 Å². The number of anilines is 1. The fourth-order valence-corrected chi connectivity index (χ4v) is 2.08. The number of nitrogens with two attached hydrogens (primary N) is 1. The van der Waals surface area contributed by atoms with Gasteiger partial charge in [0.15, 0.2) is 0 Å². The van der Waals surface area contributed by atoms with Gasteiger partial charge in [-0.25, -0.2) is 0 Å². The minimum Gasteiger partial charge on any atom is -0.399 e. The number of aliphatic hydroxyl groups is 1. The van der Waals surface area contributed by atoms with Gasteiger partial charge in [0.2, 0.25) is 0 Å². The zero-order chi connectivity index (χ0) is 14.5. The summed E-state index contributed by atoms with van der Waals surface area (Å²) in [5, 5.41) is 12.4. The molecule has 1 aromatic rings. The van der Waals surface area contributed by atoms with E-state index in [1.54, 1.807) is 18.2 Å². The summed E-state index contributed by atoms with van der Waals surface area (Å²) in [5.74, 6) is -0.114. The number of aryl methyl sites for hydroxylation is 1. The molecule has 19 heavy (non-hydrogen) atoms. The molecule has 0 saturated heterocycles. The average Bonchev–Trinajstić information content (AvgIpc) is 2.40. The molecule has 1 rings (SSSR count). The van der Waals surface area contributed by atoms with Crippen LogP contribution in [-0.2, 0) is 0 Å². The van der Waals surface area contributed by atoms with Gasteiger partial charge < -0.3 is 16.2 Å². The number of benzene rings is 1. The first kappa shape index (κ1) is 15.5. The Morgan fingerprint density at radius 2 is 2.00 bits per heavy atom. The Balaban J connectivity index is 2.75. The first-order valence-electron chi connectivity index (χ1n) is 6.73. The second kappa shape index (κ2) is 6.57. The normalized spacial score (nSPS) is 11.4. The predicted molar refractivity (Wildman–Crippen MR) is 78.0 cm³/mol. The molecule has 0 fully saturated rings. The first-order valence-corrected chi connectivity index (χ1v) is 6.73. The highest BCUT2D eigenvalue weighted by atomic mass is 16.3. The van der Waals surface area contributed by atoms with Gasteiger partial charge in [0, 0.05) is 23.2 Å². The van der Waals surface area contributed by atoms with E-state index in [2.05, 4.69) is 5.32 Å². The van der Waals surface area contributed by atoms with Gasteiger partial charge in [0.05, 0.1) is 6.61 Å². The van der Waals surface area contributed by atoms with Gasteiger partial charge in [-0.2, -0.15) is 0 Å². The van der Waals surface area contributed by atoms with Gasteiger partial charge in [0.1, 0.15) is 0 Å². The molecule has 0 aliphatic carbocycles. The summed E-state index contributed by atoms with van der Waals surface area (Å²) in [6, 6.07) is 5.24. The van der Waals surface area contributed by atoms with Crippen molar-refractivity contribution in [2.24, 2.45) is 5.41 Å². The van der Waals surface area contributed by atoms with Crippen molar-refractivity contribution < 1.29 is 9.90 Å². The highest BCUT2D eigenvalue weighted by Crippen LogP contribution is 2.24. The van der Waals surface area contributed by atoms with Gasteiger partial charge in [-0.05, 0) is 43.5 Å². The fraction of sp³-hybridized carbons (Fsp3) is 0.533. The summed E-state index contributed by atoms with van der Waals surface area (Å²) < 4.78 is 0. The van der Waals surface area contributed by atoms with E-state index in [1.807, 2.05) is 20.8 Å². The Morgan fingerprint density at radius 1 is 1.37 bits per heavy atom. The Kier molecular flexibility index (Phi) is 5.36. The highest BCUT2D eigenvalue weighted by Gasteiger charge is 2.26. The number of rotatable bonds is 6. The molecule has 1 aromatic carbocycles. The van der Waals surface area contributed by atoms with E-state index in [-0.39, 0.29) is 17.9 Å². The third kappa shape index (κ3) is 3.70. The summed E-state index contributed by atoms with van der Waals surface area (Å²) in [5.41, 5.74) is 7.59. The van der Waals surface area contributed by atoms with E-state index in [9.17, 15) is 9.90 Å². The van der Waals surface area contributed by atoms with Gasteiger partial charge in [-0.15, -0.1) is 0 Å². The Morgan fingerprint density at radius 3 is 2.47 bits per heavy atom. The molecule has 0 saturated carbocycles. The highest BCUT2D eigenvalue weighted by molar-refractivity contribution is 5.96. The lowest BCUT2D eigenvalue weighted by atomic mass is 9.83. The SMILES string of the molecule is CCC(CC)(CO)CNC(=O)c1ccc(N)cc1C. The van der Waals surface area contributed by atoms with E-state index in [0.717, 1.165) is 18.4 Å². The largest absolute Gasteiger partial charge is 0.399 e. The van der Waals surface area contributed by atoms with Gasteiger partial charge in [0.25, 0.3) is 5.91 Å². The van der Waals surface area contributed by atoms with E-state index in [1.165, 1.54) is 0 Å². The number of hydrogen-bond donors (Lipinski definition) is 3. The summed E-state index contributed by atoms with van der Waals surface area (Å²) in [7, 11) is 0. The van der Waals surface area contributed by atoms with Crippen molar-refractivity contribution >= 4 is 11.6 Å².